The van der Waals surface area contributed by atoms with E-state index in [0.717, 1.165) is 37.0 Å². The summed E-state index contributed by atoms with van der Waals surface area (Å²) in [5.41, 5.74) is 0.204. The minimum absolute atomic E-state index is 0.0671. The standard InChI is InChI=1S/C21H25N3O3/c1-13(24-19(25)5-4-17(23-24)18-3-2-6-27-18)20(26)22-21-10-14-7-15(11-21)9-16(8-14)12-21/h2-6,13-16H,7-12H2,1H3,(H,22,26). The third-order valence-corrected chi connectivity index (χ3v) is 6.77. The van der Waals surface area contributed by atoms with E-state index in [-0.39, 0.29) is 17.0 Å². The highest BCUT2D eigenvalue weighted by Crippen LogP contribution is 2.55. The number of furan rings is 1. The van der Waals surface area contributed by atoms with E-state index in [9.17, 15) is 9.59 Å². The van der Waals surface area contributed by atoms with Crippen LogP contribution in [0.2, 0.25) is 0 Å². The predicted octanol–water partition coefficient (Wildman–Crippen LogP) is 3.15. The average Bonchev–Trinajstić information content (AvgIpc) is 3.14. The highest BCUT2D eigenvalue weighted by Gasteiger charge is 2.51. The molecule has 1 N–H and O–H groups in total. The second-order valence-electron chi connectivity index (χ2n) is 8.84. The maximum Gasteiger partial charge on any atom is 0.267 e. The number of amides is 1. The van der Waals surface area contributed by atoms with Gasteiger partial charge in [-0.2, -0.15) is 5.10 Å². The molecule has 0 aliphatic heterocycles. The van der Waals surface area contributed by atoms with Crippen LogP contribution < -0.4 is 10.9 Å². The van der Waals surface area contributed by atoms with Crippen LogP contribution in [-0.4, -0.2) is 21.2 Å². The Morgan fingerprint density at radius 3 is 2.44 bits per heavy atom. The van der Waals surface area contributed by atoms with Crippen molar-refractivity contribution in [2.75, 3.05) is 0 Å². The fourth-order valence-corrected chi connectivity index (χ4v) is 6.00. The zero-order valence-corrected chi connectivity index (χ0v) is 15.6. The van der Waals surface area contributed by atoms with Crippen molar-refractivity contribution in [3.8, 4) is 11.5 Å². The molecular formula is C21H25N3O3. The van der Waals surface area contributed by atoms with Gasteiger partial charge in [-0.05, 0) is 81.4 Å². The molecular weight excluding hydrogens is 342 g/mol. The summed E-state index contributed by atoms with van der Waals surface area (Å²) in [7, 11) is 0. The molecule has 2 heterocycles. The third-order valence-electron chi connectivity index (χ3n) is 6.77. The molecule has 0 radical (unpaired) electrons. The Balaban J connectivity index is 1.38. The Morgan fingerprint density at radius 2 is 1.85 bits per heavy atom. The van der Waals surface area contributed by atoms with Gasteiger partial charge >= 0.3 is 0 Å². The zero-order valence-electron chi connectivity index (χ0n) is 15.6. The van der Waals surface area contributed by atoms with Gasteiger partial charge in [0.1, 0.15) is 11.7 Å². The number of hydrogen-bond acceptors (Lipinski definition) is 4. The Hall–Kier alpha value is -2.37. The molecule has 1 unspecified atom stereocenters. The van der Waals surface area contributed by atoms with Gasteiger partial charge in [0.25, 0.3) is 5.56 Å². The first-order valence-electron chi connectivity index (χ1n) is 9.97. The average molecular weight is 367 g/mol. The van der Waals surface area contributed by atoms with E-state index in [1.807, 2.05) is 0 Å². The Labute approximate surface area is 158 Å². The van der Waals surface area contributed by atoms with E-state index < -0.39 is 6.04 Å². The molecule has 1 atom stereocenters. The van der Waals surface area contributed by atoms with Gasteiger partial charge in [-0.1, -0.05) is 0 Å². The number of hydrogen-bond donors (Lipinski definition) is 1. The summed E-state index contributed by atoms with van der Waals surface area (Å²) in [5.74, 6) is 2.75. The molecule has 2 aromatic heterocycles. The summed E-state index contributed by atoms with van der Waals surface area (Å²) >= 11 is 0. The molecule has 6 heteroatoms. The summed E-state index contributed by atoms with van der Waals surface area (Å²) in [6.45, 7) is 1.75. The highest BCUT2D eigenvalue weighted by molar-refractivity contribution is 5.80. The van der Waals surface area contributed by atoms with Crippen LogP contribution in [0.5, 0.6) is 0 Å². The van der Waals surface area contributed by atoms with Gasteiger partial charge in [0.2, 0.25) is 5.91 Å². The van der Waals surface area contributed by atoms with Crippen molar-refractivity contribution in [3.63, 3.8) is 0 Å². The molecule has 6 rings (SSSR count). The molecule has 2 aromatic rings. The summed E-state index contributed by atoms with van der Waals surface area (Å²) in [5, 5.41) is 7.72. The van der Waals surface area contributed by atoms with Crippen LogP contribution in [0.15, 0.2) is 39.7 Å². The van der Waals surface area contributed by atoms with Crippen molar-refractivity contribution in [1.29, 1.82) is 0 Å². The van der Waals surface area contributed by atoms with E-state index >= 15 is 0 Å². The van der Waals surface area contributed by atoms with Crippen molar-refractivity contribution in [2.24, 2.45) is 17.8 Å². The Morgan fingerprint density at radius 1 is 1.19 bits per heavy atom. The molecule has 142 valence electrons. The molecule has 0 aromatic carbocycles. The zero-order chi connectivity index (χ0) is 18.6. The normalized spacial score (nSPS) is 32.4. The Bertz CT molecular complexity index is 880. The topological polar surface area (TPSA) is 77.1 Å². The molecule has 4 aliphatic carbocycles. The van der Waals surface area contributed by atoms with Crippen LogP contribution in [0.25, 0.3) is 11.5 Å². The second-order valence-corrected chi connectivity index (χ2v) is 8.84. The predicted molar refractivity (Wildman–Crippen MR) is 100.0 cm³/mol. The van der Waals surface area contributed by atoms with E-state index in [2.05, 4.69) is 10.4 Å². The summed E-state index contributed by atoms with van der Waals surface area (Å²) in [6, 6.07) is 5.98. The van der Waals surface area contributed by atoms with Crippen molar-refractivity contribution < 1.29 is 9.21 Å². The molecule has 4 saturated carbocycles. The van der Waals surface area contributed by atoms with Crippen LogP contribution >= 0.6 is 0 Å². The minimum Gasteiger partial charge on any atom is -0.463 e. The molecule has 27 heavy (non-hydrogen) atoms. The lowest BCUT2D eigenvalue weighted by Gasteiger charge is -2.57. The fraction of sp³-hybridized carbons (Fsp3) is 0.571. The maximum atomic E-state index is 13.0. The van der Waals surface area contributed by atoms with Crippen LogP contribution in [0.3, 0.4) is 0 Å². The molecule has 0 saturated heterocycles. The molecule has 4 aliphatic rings. The number of aromatic nitrogens is 2. The lowest BCUT2D eigenvalue weighted by atomic mass is 9.53. The smallest absolute Gasteiger partial charge is 0.267 e. The molecule has 0 spiro atoms. The largest absolute Gasteiger partial charge is 0.463 e. The number of carbonyl (C=O) groups excluding carboxylic acids is 1. The lowest BCUT2D eigenvalue weighted by molar-refractivity contribution is -0.130. The van der Waals surface area contributed by atoms with Crippen LogP contribution in [0.4, 0.5) is 0 Å². The maximum absolute atomic E-state index is 13.0. The fourth-order valence-electron chi connectivity index (χ4n) is 6.00. The van der Waals surface area contributed by atoms with Crippen LogP contribution in [0, 0.1) is 17.8 Å². The summed E-state index contributed by atoms with van der Waals surface area (Å²) < 4.78 is 6.64. The highest BCUT2D eigenvalue weighted by atomic mass is 16.3. The minimum atomic E-state index is -0.652. The van der Waals surface area contributed by atoms with Crippen LogP contribution in [-0.2, 0) is 4.79 Å². The van der Waals surface area contributed by atoms with Crippen molar-refractivity contribution >= 4 is 5.91 Å². The first kappa shape index (κ1) is 16.8. The van der Waals surface area contributed by atoms with Gasteiger partial charge in [0, 0.05) is 11.6 Å². The van der Waals surface area contributed by atoms with Gasteiger partial charge in [-0.3, -0.25) is 9.59 Å². The number of carbonyl (C=O) groups is 1. The van der Waals surface area contributed by atoms with Crippen molar-refractivity contribution in [3.05, 3.63) is 40.9 Å². The molecule has 6 nitrogen and oxygen atoms in total. The van der Waals surface area contributed by atoms with Gasteiger partial charge in [-0.25, -0.2) is 4.68 Å². The first-order chi connectivity index (χ1) is 13.0. The van der Waals surface area contributed by atoms with Crippen molar-refractivity contribution in [2.45, 2.75) is 57.0 Å². The first-order valence-corrected chi connectivity index (χ1v) is 9.97. The van der Waals surface area contributed by atoms with E-state index in [1.54, 1.807) is 31.4 Å². The van der Waals surface area contributed by atoms with Gasteiger partial charge in [0.15, 0.2) is 5.76 Å². The van der Waals surface area contributed by atoms with E-state index in [4.69, 9.17) is 4.42 Å². The van der Waals surface area contributed by atoms with Gasteiger partial charge in [-0.15, -0.1) is 0 Å². The van der Waals surface area contributed by atoms with Gasteiger partial charge in [0.05, 0.1) is 6.26 Å². The monoisotopic (exact) mass is 367 g/mol. The third kappa shape index (κ3) is 2.91. The van der Waals surface area contributed by atoms with E-state index in [1.165, 1.54) is 30.0 Å². The molecule has 4 fully saturated rings. The number of nitrogens with one attached hydrogen (secondary N) is 1. The quantitative estimate of drug-likeness (QED) is 0.900. The summed E-state index contributed by atoms with van der Waals surface area (Å²) in [6.07, 6.45) is 8.82. The summed E-state index contributed by atoms with van der Waals surface area (Å²) in [4.78, 5) is 25.4. The van der Waals surface area contributed by atoms with Crippen molar-refractivity contribution in [1.82, 2.24) is 15.1 Å². The second kappa shape index (κ2) is 6.08. The van der Waals surface area contributed by atoms with E-state index in [0.29, 0.717) is 11.5 Å². The number of rotatable bonds is 4. The Kier molecular flexibility index (Phi) is 3.78. The van der Waals surface area contributed by atoms with Gasteiger partial charge < -0.3 is 9.73 Å². The molecule has 1 amide bonds. The number of nitrogens with zero attached hydrogens (tertiary/aromatic N) is 2. The van der Waals surface area contributed by atoms with Crippen LogP contribution in [0.1, 0.15) is 51.5 Å². The SMILES string of the molecule is CC(C(=O)NC12CC3CC(CC(C3)C1)C2)n1nc(-c2ccco2)ccc1=O. The lowest BCUT2D eigenvalue weighted by Crippen LogP contribution is -2.60. The molecule has 4 bridgehead atoms.